The molecule has 158 valence electrons. The molecule has 0 aliphatic rings. The maximum absolute atomic E-state index is 6.45. The van der Waals surface area contributed by atoms with Crippen LogP contribution in [-0.2, 0) is 26.2 Å². The molecule has 0 bridgehead atoms. The Labute approximate surface area is 213 Å². The SMILES string of the molecule is CCCCCCCC[Si](C)([c-]1cccc1)C(C)(C)[SiH2]Cl.[Cl-].[Cl-].[Zr+4].c1cc[cH-]c1. The molecule has 0 fully saturated rings. The van der Waals surface area contributed by atoms with E-state index in [-0.39, 0.29) is 51.0 Å². The molecule has 2 aromatic carbocycles. The van der Waals surface area contributed by atoms with Gasteiger partial charge in [0, 0.05) is 8.07 Å². The number of rotatable bonds is 10. The second-order valence-electron chi connectivity index (χ2n) is 8.00. The first kappa shape index (κ1) is 33.5. The third kappa shape index (κ3) is 11.3. The summed E-state index contributed by atoms with van der Waals surface area (Å²) in [6.07, 6.45) is 8.37. The fourth-order valence-corrected chi connectivity index (χ4v) is 12.0. The van der Waals surface area contributed by atoms with Gasteiger partial charge in [0.1, 0.15) is 8.83 Å². The summed E-state index contributed by atoms with van der Waals surface area (Å²) in [4.78, 5) is 0. The van der Waals surface area contributed by atoms with E-state index in [2.05, 4.69) is 51.6 Å². The molecular weight excluding hydrogens is 518 g/mol. The number of hydrogen-bond acceptors (Lipinski definition) is 0. The fourth-order valence-electron chi connectivity index (χ4n) is 3.34. The topological polar surface area (TPSA) is 0 Å². The molecule has 0 aromatic heterocycles. The molecule has 0 heterocycles. The van der Waals surface area contributed by atoms with Crippen molar-refractivity contribution in [2.75, 3.05) is 0 Å². The van der Waals surface area contributed by atoms with Gasteiger partial charge >= 0.3 is 26.2 Å². The predicted octanol–water partition coefficient (Wildman–Crippen LogP) is 0.523. The van der Waals surface area contributed by atoms with E-state index in [4.69, 9.17) is 11.1 Å². The van der Waals surface area contributed by atoms with Gasteiger partial charge < -0.3 is 24.8 Å². The van der Waals surface area contributed by atoms with E-state index >= 15 is 0 Å². The maximum Gasteiger partial charge on any atom is 4.00 e. The molecular formula is C22H37Cl3Si2Zr. The molecule has 6 heteroatoms. The van der Waals surface area contributed by atoms with Crippen molar-refractivity contribution >= 4 is 33.2 Å². The van der Waals surface area contributed by atoms with Crippen molar-refractivity contribution in [3.05, 3.63) is 54.6 Å². The molecule has 0 nitrogen and oxygen atoms in total. The Hall–Kier alpha value is 0.887. The van der Waals surface area contributed by atoms with Gasteiger partial charge in [-0.25, -0.2) is 24.3 Å². The largest absolute Gasteiger partial charge is 4.00 e. The van der Waals surface area contributed by atoms with Crippen LogP contribution >= 0.6 is 11.1 Å². The third-order valence-electron chi connectivity index (χ3n) is 5.71. The first-order valence-electron chi connectivity index (χ1n) is 9.93. The van der Waals surface area contributed by atoms with Crippen LogP contribution in [0, 0.1) is 0 Å². The molecule has 0 aliphatic carbocycles. The summed E-state index contributed by atoms with van der Waals surface area (Å²) >= 11 is 6.45. The summed E-state index contributed by atoms with van der Waals surface area (Å²) in [5.41, 5.74) is 0. The minimum Gasteiger partial charge on any atom is -1.00 e. The van der Waals surface area contributed by atoms with Gasteiger partial charge in [0.15, 0.2) is 0 Å². The predicted molar refractivity (Wildman–Crippen MR) is 122 cm³/mol. The van der Waals surface area contributed by atoms with Gasteiger partial charge in [-0.1, -0.05) is 71.9 Å². The summed E-state index contributed by atoms with van der Waals surface area (Å²) in [5.74, 6) is 0. The Morgan fingerprint density at radius 2 is 1.43 bits per heavy atom. The van der Waals surface area contributed by atoms with Crippen LogP contribution in [0.4, 0.5) is 0 Å². The Bertz CT molecular complexity index is 513. The standard InChI is InChI=1S/C17H32ClSi2.C5H5.2ClH.Zr/c1-5-6-7-8-9-12-15-20(4,17(2,3)19-18)16-13-10-11-14-16;1-2-4-5-3-1;;;/h10-11,13-14H,5-9,12,15,19H2,1-4H3;1-5H;2*1H;/q2*-1;;;+4/p-2. The summed E-state index contributed by atoms with van der Waals surface area (Å²) in [6, 6.07) is 20.5. The summed E-state index contributed by atoms with van der Waals surface area (Å²) in [5, 5.41) is 1.63. The van der Waals surface area contributed by atoms with Crippen molar-refractivity contribution in [2.24, 2.45) is 0 Å². The molecule has 1 atom stereocenters. The van der Waals surface area contributed by atoms with Crippen molar-refractivity contribution in [2.45, 2.75) is 76.5 Å². The average molecular weight is 555 g/mol. The van der Waals surface area contributed by atoms with Gasteiger partial charge in [-0.2, -0.15) is 46.6 Å². The van der Waals surface area contributed by atoms with Gasteiger partial charge in [-0.05, 0) is 4.66 Å². The van der Waals surface area contributed by atoms with Crippen LogP contribution in [0.5, 0.6) is 0 Å². The van der Waals surface area contributed by atoms with Crippen LogP contribution in [0.15, 0.2) is 54.6 Å². The van der Waals surface area contributed by atoms with E-state index in [1.165, 1.54) is 44.6 Å². The quantitative estimate of drug-likeness (QED) is 0.174. The zero-order valence-electron chi connectivity index (χ0n) is 18.0. The van der Waals surface area contributed by atoms with E-state index in [1.54, 1.807) is 5.19 Å². The van der Waals surface area contributed by atoms with Gasteiger partial charge in [-0.15, -0.1) is 0 Å². The van der Waals surface area contributed by atoms with Crippen molar-refractivity contribution in [3.63, 3.8) is 0 Å². The van der Waals surface area contributed by atoms with E-state index in [9.17, 15) is 0 Å². The minimum atomic E-state index is -1.44. The first-order valence-corrected chi connectivity index (χ1v) is 15.5. The van der Waals surface area contributed by atoms with Crippen LogP contribution in [0.25, 0.3) is 0 Å². The van der Waals surface area contributed by atoms with Crippen LogP contribution in [0.2, 0.25) is 17.3 Å². The molecule has 0 saturated carbocycles. The summed E-state index contributed by atoms with van der Waals surface area (Å²) in [7, 11) is -1.94. The molecule has 2 rings (SSSR count). The van der Waals surface area contributed by atoms with E-state index in [0.717, 1.165) is 0 Å². The van der Waals surface area contributed by atoms with Gasteiger partial charge in [0.25, 0.3) is 0 Å². The molecule has 0 aliphatic heterocycles. The normalized spacial score (nSPS) is 12.8. The Morgan fingerprint density at radius 3 is 1.86 bits per heavy atom. The van der Waals surface area contributed by atoms with Gasteiger partial charge in [-0.3, -0.25) is 0 Å². The number of halogens is 3. The van der Waals surface area contributed by atoms with E-state index < -0.39 is 16.9 Å². The molecule has 0 saturated heterocycles. The minimum absolute atomic E-state index is 0. The monoisotopic (exact) mass is 552 g/mol. The van der Waals surface area contributed by atoms with Crippen LogP contribution in [0.3, 0.4) is 0 Å². The van der Waals surface area contributed by atoms with Crippen molar-refractivity contribution in [1.29, 1.82) is 0 Å². The third-order valence-corrected chi connectivity index (χ3v) is 17.9. The van der Waals surface area contributed by atoms with Crippen LogP contribution in [-0.4, -0.2) is 16.9 Å². The Balaban J connectivity index is -0.000000679. The van der Waals surface area contributed by atoms with E-state index in [0.29, 0.717) is 4.66 Å². The van der Waals surface area contributed by atoms with E-state index in [1.807, 2.05) is 30.3 Å². The number of hydrogen-bond donors (Lipinski definition) is 0. The van der Waals surface area contributed by atoms with Crippen LogP contribution in [0.1, 0.15) is 59.3 Å². The maximum atomic E-state index is 6.45. The van der Waals surface area contributed by atoms with Gasteiger partial charge in [0.2, 0.25) is 0 Å². The Kier molecular flexibility index (Phi) is 22.3. The average Bonchev–Trinajstić information content (AvgIpc) is 3.33. The van der Waals surface area contributed by atoms with Gasteiger partial charge in [0.05, 0.1) is 0 Å². The molecule has 28 heavy (non-hydrogen) atoms. The zero-order chi connectivity index (χ0) is 18.6. The van der Waals surface area contributed by atoms with Crippen LogP contribution < -0.4 is 30.0 Å². The van der Waals surface area contributed by atoms with Crippen molar-refractivity contribution in [3.8, 4) is 0 Å². The second kappa shape index (κ2) is 18.6. The van der Waals surface area contributed by atoms with Crippen molar-refractivity contribution in [1.82, 2.24) is 0 Å². The second-order valence-corrected chi connectivity index (χ2v) is 16.6. The molecule has 0 N–H and O–H groups in total. The molecule has 0 spiro atoms. The summed E-state index contributed by atoms with van der Waals surface area (Å²) < 4.78 is 0.409. The van der Waals surface area contributed by atoms with Crippen molar-refractivity contribution < 1.29 is 51.0 Å². The zero-order valence-corrected chi connectivity index (χ0v) is 25.1. The summed E-state index contributed by atoms with van der Waals surface area (Å²) in [6.45, 7) is 9.72. The number of unbranched alkanes of at least 4 members (excludes halogenated alkanes) is 5. The molecule has 0 radical (unpaired) electrons. The molecule has 0 amide bonds. The smallest absolute Gasteiger partial charge is 1.00 e. The molecule has 1 unspecified atom stereocenters. The molecule has 2 aromatic rings. The Morgan fingerprint density at radius 1 is 0.929 bits per heavy atom. The first-order chi connectivity index (χ1) is 12.0. The fraction of sp³-hybridized carbons (Fsp3) is 0.545.